The molecule has 2 rings (SSSR count). The van der Waals surface area contributed by atoms with Gasteiger partial charge in [-0.25, -0.2) is 0 Å². The molecule has 22 heavy (non-hydrogen) atoms. The van der Waals surface area contributed by atoms with E-state index in [1.54, 1.807) is 6.08 Å². The molecule has 0 saturated carbocycles. The van der Waals surface area contributed by atoms with Gasteiger partial charge in [-0.05, 0) is 36.3 Å². The number of nitriles is 1. The van der Waals surface area contributed by atoms with Gasteiger partial charge in [-0.15, -0.1) is 0 Å². The largest absolute Gasteiger partial charge is 0.345 e. The number of halogens is 1. The molecule has 0 aliphatic carbocycles. The normalized spacial score (nSPS) is 12.3. The Balaban J connectivity index is 2.14. The standard InChI is InChI=1S/C18H15BrN2O/c1-13(15-7-3-2-4-8-15)21-18(22)16(12-20)10-14-6-5-9-17(19)11-14/h2-11,13H,1H3,(H,21,22). The van der Waals surface area contributed by atoms with Crippen LogP contribution in [0.3, 0.4) is 0 Å². The molecule has 1 amide bonds. The summed E-state index contributed by atoms with van der Waals surface area (Å²) in [4.78, 5) is 12.2. The lowest BCUT2D eigenvalue weighted by Gasteiger charge is -2.13. The number of carbonyl (C=O) groups is 1. The van der Waals surface area contributed by atoms with Gasteiger partial charge in [-0.1, -0.05) is 58.4 Å². The minimum absolute atomic E-state index is 0.0841. The van der Waals surface area contributed by atoms with Crippen LogP contribution in [-0.2, 0) is 4.79 Å². The highest BCUT2D eigenvalue weighted by Gasteiger charge is 2.13. The molecule has 0 bridgehead atoms. The summed E-state index contributed by atoms with van der Waals surface area (Å²) >= 11 is 3.37. The van der Waals surface area contributed by atoms with Crippen molar-refractivity contribution in [1.29, 1.82) is 5.26 Å². The molecule has 0 fully saturated rings. The summed E-state index contributed by atoms with van der Waals surface area (Å²) in [5.74, 6) is -0.376. The average Bonchev–Trinajstić information content (AvgIpc) is 2.53. The summed E-state index contributed by atoms with van der Waals surface area (Å²) < 4.78 is 0.900. The second kappa shape index (κ2) is 7.58. The summed E-state index contributed by atoms with van der Waals surface area (Å²) in [5, 5.41) is 12.1. The van der Waals surface area contributed by atoms with Crippen molar-refractivity contribution in [1.82, 2.24) is 5.32 Å². The first kappa shape index (κ1) is 16.0. The minimum atomic E-state index is -0.376. The molecule has 0 aromatic heterocycles. The molecule has 3 nitrogen and oxygen atoms in total. The smallest absolute Gasteiger partial charge is 0.262 e. The molecule has 0 radical (unpaired) electrons. The lowest BCUT2D eigenvalue weighted by atomic mass is 10.1. The molecule has 110 valence electrons. The van der Waals surface area contributed by atoms with Crippen LogP contribution in [0.25, 0.3) is 6.08 Å². The molecular formula is C18H15BrN2O. The van der Waals surface area contributed by atoms with E-state index in [4.69, 9.17) is 0 Å². The number of nitrogens with zero attached hydrogens (tertiary/aromatic N) is 1. The van der Waals surface area contributed by atoms with Gasteiger partial charge in [-0.3, -0.25) is 4.79 Å². The number of rotatable bonds is 4. The first-order valence-electron chi connectivity index (χ1n) is 6.83. The van der Waals surface area contributed by atoms with Crippen molar-refractivity contribution < 1.29 is 4.79 Å². The second-order valence-corrected chi connectivity index (χ2v) is 5.75. The lowest BCUT2D eigenvalue weighted by Crippen LogP contribution is -2.27. The van der Waals surface area contributed by atoms with Gasteiger partial charge in [0, 0.05) is 4.47 Å². The number of carbonyl (C=O) groups excluding carboxylic acids is 1. The summed E-state index contributed by atoms with van der Waals surface area (Å²) in [6, 6.07) is 18.9. The van der Waals surface area contributed by atoms with Crippen LogP contribution in [-0.4, -0.2) is 5.91 Å². The fourth-order valence-corrected chi connectivity index (χ4v) is 2.43. The summed E-state index contributed by atoms with van der Waals surface area (Å²) in [6.45, 7) is 1.89. The molecule has 0 aliphatic rings. The maximum Gasteiger partial charge on any atom is 0.262 e. The summed E-state index contributed by atoms with van der Waals surface area (Å²) in [5.41, 5.74) is 1.88. The van der Waals surface area contributed by atoms with Crippen LogP contribution in [0, 0.1) is 11.3 Å². The van der Waals surface area contributed by atoms with Gasteiger partial charge >= 0.3 is 0 Å². The highest BCUT2D eigenvalue weighted by molar-refractivity contribution is 9.10. The van der Waals surface area contributed by atoms with E-state index in [0.29, 0.717) is 0 Å². The van der Waals surface area contributed by atoms with Gasteiger partial charge < -0.3 is 5.32 Å². The third kappa shape index (κ3) is 4.31. The monoisotopic (exact) mass is 354 g/mol. The molecule has 1 unspecified atom stereocenters. The van der Waals surface area contributed by atoms with Crippen molar-refractivity contribution >= 4 is 27.9 Å². The van der Waals surface area contributed by atoms with Gasteiger partial charge in [0.2, 0.25) is 0 Å². The van der Waals surface area contributed by atoms with Crippen LogP contribution in [0.2, 0.25) is 0 Å². The third-order valence-corrected chi connectivity index (χ3v) is 3.67. The van der Waals surface area contributed by atoms with Crippen LogP contribution in [0.15, 0.2) is 64.6 Å². The fourth-order valence-electron chi connectivity index (χ4n) is 2.01. The Morgan fingerprint density at radius 2 is 1.95 bits per heavy atom. The molecule has 1 atom stereocenters. The minimum Gasteiger partial charge on any atom is -0.345 e. The predicted octanol–water partition coefficient (Wildman–Crippen LogP) is 4.23. The molecule has 1 N–H and O–H groups in total. The van der Waals surface area contributed by atoms with Gasteiger partial charge in [0.05, 0.1) is 6.04 Å². The lowest BCUT2D eigenvalue weighted by molar-refractivity contribution is -0.117. The molecule has 2 aromatic rings. The zero-order valence-electron chi connectivity index (χ0n) is 12.1. The summed E-state index contributed by atoms with van der Waals surface area (Å²) in [7, 11) is 0. The van der Waals surface area contributed by atoms with E-state index in [9.17, 15) is 10.1 Å². The molecule has 4 heteroatoms. The van der Waals surface area contributed by atoms with Crippen molar-refractivity contribution in [2.75, 3.05) is 0 Å². The Morgan fingerprint density at radius 1 is 1.23 bits per heavy atom. The van der Waals surface area contributed by atoms with Crippen molar-refractivity contribution in [2.24, 2.45) is 0 Å². The number of nitrogens with one attached hydrogen (secondary N) is 1. The fraction of sp³-hybridized carbons (Fsp3) is 0.111. The van der Waals surface area contributed by atoms with E-state index >= 15 is 0 Å². The van der Waals surface area contributed by atoms with Crippen LogP contribution in [0.1, 0.15) is 24.1 Å². The first-order valence-corrected chi connectivity index (χ1v) is 7.62. The van der Waals surface area contributed by atoms with E-state index in [2.05, 4.69) is 21.2 Å². The van der Waals surface area contributed by atoms with Crippen molar-refractivity contribution in [3.8, 4) is 6.07 Å². The topological polar surface area (TPSA) is 52.9 Å². The van der Waals surface area contributed by atoms with E-state index in [-0.39, 0.29) is 17.5 Å². The SMILES string of the molecule is CC(NC(=O)C(C#N)=Cc1cccc(Br)c1)c1ccccc1. The molecule has 2 aromatic carbocycles. The van der Waals surface area contributed by atoms with Gasteiger partial charge in [0.15, 0.2) is 0 Å². The van der Waals surface area contributed by atoms with E-state index < -0.39 is 0 Å². The second-order valence-electron chi connectivity index (χ2n) is 4.83. The zero-order chi connectivity index (χ0) is 15.9. The maximum absolute atomic E-state index is 12.2. The highest BCUT2D eigenvalue weighted by Crippen LogP contribution is 2.16. The number of amides is 1. The van der Waals surface area contributed by atoms with Crippen molar-refractivity contribution in [2.45, 2.75) is 13.0 Å². The molecular weight excluding hydrogens is 340 g/mol. The van der Waals surface area contributed by atoms with Crippen LogP contribution < -0.4 is 5.32 Å². The number of hydrogen-bond acceptors (Lipinski definition) is 2. The van der Waals surface area contributed by atoms with E-state index in [1.165, 1.54) is 0 Å². The highest BCUT2D eigenvalue weighted by atomic mass is 79.9. The van der Waals surface area contributed by atoms with Crippen molar-refractivity contribution in [3.05, 3.63) is 75.8 Å². The van der Waals surface area contributed by atoms with Gasteiger partial charge in [-0.2, -0.15) is 5.26 Å². The molecule has 0 heterocycles. The Morgan fingerprint density at radius 3 is 2.59 bits per heavy atom. The quantitative estimate of drug-likeness (QED) is 0.659. The Hall–Kier alpha value is -2.38. The summed E-state index contributed by atoms with van der Waals surface area (Å²) in [6.07, 6.45) is 1.58. The van der Waals surface area contributed by atoms with Gasteiger partial charge in [0.25, 0.3) is 5.91 Å². The number of benzene rings is 2. The molecule has 0 spiro atoms. The first-order chi connectivity index (χ1) is 10.6. The zero-order valence-corrected chi connectivity index (χ0v) is 13.7. The Labute approximate surface area is 138 Å². The Kier molecular flexibility index (Phi) is 5.51. The Bertz CT molecular complexity index is 732. The van der Waals surface area contributed by atoms with Crippen LogP contribution in [0.5, 0.6) is 0 Å². The average molecular weight is 355 g/mol. The van der Waals surface area contributed by atoms with Crippen molar-refractivity contribution in [3.63, 3.8) is 0 Å². The number of hydrogen-bond donors (Lipinski definition) is 1. The van der Waals surface area contributed by atoms with Crippen LogP contribution in [0.4, 0.5) is 0 Å². The third-order valence-electron chi connectivity index (χ3n) is 3.17. The predicted molar refractivity (Wildman–Crippen MR) is 90.7 cm³/mol. The van der Waals surface area contributed by atoms with E-state index in [0.717, 1.165) is 15.6 Å². The molecule has 0 saturated heterocycles. The maximum atomic E-state index is 12.2. The van der Waals surface area contributed by atoms with Crippen LogP contribution >= 0.6 is 15.9 Å². The van der Waals surface area contributed by atoms with Gasteiger partial charge in [0.1, 0.15) is 11.6 Å². The molecule has 0 aliphatic heterocycles. The van der Waals surface area contributed by atoms with E-state index in [1.807, 2.05) is 67.6 Å².